The molecule has 0 bridgehead atoms. The number of aromatic nitrogens is 2. The van der Waals surface area contributed by atoms with Gasteiger partial charge in [-0.2, -0.15) is 0 Å². The smallest absolute Gasteiger partial charge is 0.316 e. The zero-order valence-electron chi connectivity index (χ0n) is 10.5. The van der Waals surface area contributed by atoms with Crippen LogP contribution in [0.1, 0.15) is 0 Å². The van der Waals surface area contributed by atoms with Crippen molar-refractivity contribution < 1.29 is 0 Å². The summed E-state index contributed by atoms with van der Waals surface area (Å²) in [7, 11) is 1.56. The minimum atomic E-state index is -0.519. The third kappa shape index (κ3) is 3.26. The highest BCUT2D eigenvalue weighted by molar-refractivity contribution is 6.30. The first-order valence-corrected chi connectivity index (χ1v) is 6.21. The molecule has 19 heavy (non-hydrogen) atoms. The van der Waals surface area contributed by atoms with Crippen molar-refractivity contribution in [3.63, 3.8) is 0 Å². The van der Waals surface area contributed by atoms with E-state index >= 15 is 0 Å². The number of hydrogen-bond acceptors (Lipinski definition) is 3. The second-order valence-corrected chi connectivity index (χ2v) is 4.58. The van der Waals surface area contributed by atoms with Gasteiger partial charge in [0.1, 0.15) is 0 Å². The predicted molar refractivity (Wildman–Crippen MR) is 75.9 cm³/mol. The molecule has 6 heteroatoms. The van der Waals surface area contributed by atoms with Crippen molar-refractivity contribution in [2.75, 3.05) is 11.9 Å². The van der Waals surface area contributed by atoms with Crippen LogP contribution in [0.15, 0.2) is 46.2 Å². The van der Waals surface area contributed by atoms with Crippen molar-refractivity contribution in [1.29, 1.82) is 0 Å². The van der Waals surface area contributed by atoms with E-state index in [9.17, 15) is 9.59 Å². The molecule has 0 atom stereocenters. The van der Waals surface area contributed by atoms with Crippen molar-refractivity contribution in [2.24, 2.45) is 7.05 Å². The Morgan fingerprint density at radius 3 is 2.47 bits per heavy atom. The molecule has 5 nitrogen and oxygen atoms in total. The van der Waals surface area contributed by atoms with Gasteiger partial charge in [-0.05, 0) is 24.3 Å². The number of anilines is 1. The van der Waals surface area contributed by atoms with E-state index in [0.29, 0.717) is 18.1 Å². The van der Waals surface area contributed by atoms with Gasteiger partial charge < -0.3 is 14.5 Å². The highest BCUT2D eigenvalue weighted by Crippen LogP contribution is 2.12. The summed E-state index contributed by atoms with van der Waals surface area (Å²) >= 11 is 5.78. The van der Waals surface area contributed by atoms with Crippen LogP contribution in [0.4, 0.5) is 5.69 Å². The largest absolute Gasteiger partial charge is 0.383 e. The number of benzene rings is 1. The molecule has 1 aromatic carbocycles. The monoisotopic (exact) mass is 279 g/mol. The lowest BCUT2D eigenvalue weighted by Crippen LogP contribution is -2.40. The molecule has 0 spiro atoms. The van der Waals surface area contributed by atoms with Gasteiger partial charge in [0.15, 0.2) is 0 Å². The Morgan fingerprint density at radius 1 is 1.11 bits per heavy atom. The van der Waals surface area contributed by atoms with Crippen molar-refractivity contribution in [3.05, 3.63) is 62.4 Å². The van der Waals surface area contributed by atoms with Gasteiger partial charge in [0.05, 0.1) is 0 Å². The Kier molecular flexibility index (Phi) is 4.06. The van der Waals surface area contributed by atoms with Gasteiger partial charge >= 0.3 is 11.1 Å². The van der Waals surface area contributed by atoms with E-state index in [1.54, 1.807) is 31.6 Å². The van der Waals surface area contributed by atoms with E-state index in [1.165, 1.54) is 9.13 Å². The Balaban J connectivity index is 2.00. The fraction of sp³-hybridized carbons (Fsp3) is 0.231. The summed E-state index contributed by atoms with van der Waals surface area (Å²) in [5.41, 5.74) is -0.113. The second-order valence-electron chi connectivity index (χ2n) is 4.15. The normalized spacial score (nSPS) is 10.4. The number of rotatable bonds is 4. The van der Waals surface area contributed by atoms with Crippen molar-refractivity contribution >= 4 is 17.3 Å². The van der Waals surface area contributed by atoms with Gasteiger partial charge in [0.2, 0.25) is 0 Å². The van der Waals surface area contributed by atoms with E-state index in [4.69, 9.17) is 11.6 Å². The molecule has 0 saturated heterocycles. The molecule has 0 saturated carbocycles. The molecule has 1 aromatic heterocycles. The van der Waals surface area contributed by atoms with Crippen LogP contribution in [0.5, 0.6) is 0 Å². The summed E-state index contributed by atoms with van der Waals surface area (Å²) in [6.07, 6.45) is 3.18. The molecular formula is C13H14ClN3O2. The third-order valence-electron chi connectivity index (χ3n) is 2.76. The molecule has 1 N–H and O–H groups in total. The van der Waals surface area contributed by atoms with Crippen LogP contribution in [0.2, 0.25) is 5.02 Å². The van der Waals surface area contributed by atoms with Crippen LogP contribution in [0, 0.1) is 0 Å². The fourth-order valence-electron chi connectivity index (χ4n) is 1.65. The maximum atomic E-state index is 11.7. The van der Waals surface area contributed by atoms with E-state index in [1.807, 2.05) is 12.1 Å². The first-order chi connectivity index (χ1) is 9.08. The van der Waals surface area contributed by atoms with Crippen molar-refractivity contribution in [2.45, 2.75) is 6.54 Å². The van der Waals surface area contributed by atoms with Crippen LogP contribution < -0.4 is 16.4 Å². The van der Waals surface area contributed by atoms with Gasteiger partial charge in [-0.3, -0.25) is 9.59 Å². The zero-order chi connectivity index (χ0) is 13.8. The lowest BCUT2D eigenvalue weighted by atomic mass is 10.3. The Labute approximate surface area is 115 Å². The summed E-state index contributed by atoms with van der Waals surface area (Å²) in [5, 5.41) is 3.83. The average molecular weight is 280 g/mol. The van der Waals surface area contributed by atoms with Gasteiger partial charge in [0.25, 0.3) is 0 Å². The molecule has 2 aromatic rings. The molecule has 0 fully saturated rings. The number of hydrogen-bond donors (Lipinski definition) is 1. The molecule has 0 radical (unpaired) electrons. The van der Waals surface area contributed by atoms with Gasteiger partial charge in [-0.1, -0.05) is 11.6 Å². The highest BCUT2D eigenvalue weighted by Gasteiger charge is 2.01. The van der Waals surface area contributed by atoms with Crippen molar-refractivity contribution in [3.8, 4) is 0 Å². The Bertz CT molecular complexity index is 674. The van der Waals surface area contributed by atoms with Crippen LogP contribution in [0.25, 0.3) is 0 Å². The maximum Gasteiger partial charge on any atom is 0.316 e. The molecular weight excluding hydrogens is 266 g/mol. The van der Waals surface area contributed by atoms with Gasteiger partial charge in [-0.25, -0.2) is 0 Å². The minimum absolute atomic E-state index is 0.428. The number of aryl methyl sites for hydroxylation is 1. The fourth-order valence-corrected chi connectivity index (χ4v) is 1.78. The quantitative estimate of drug-likeness (QED) is 0.859. The summed E-state index contributed by atoms with van der Waals surface area (Å²) in [6.45, 7) is 0.978. The van der Waals surface area contributed by atoms with Crippen molar-refractivity contribution in [1.82, 2.24) is 9.13 Å². The van der Waals surface area contributed by atoms with Crippen LogP contribution in [0.3, 0.4) is 0 Å². The zero-order valence-corrected chi connectivity index (χ0v) is 11.2. The summed E-state index contributed by atoms with van der Waals surface area (Å²) in [6, 6.07) is 7.28. The number of nitrogens with zero attached hydrogens (tertiary/aromatic N) is 2. The van der Waals surface area contributed by atoms with Crippen LogP contribution >= 0.6 is 11.6 Å². The molecule has 1 heterocycles. The summed E-state index contributed by atoms with van der Waals surface area (Å²) < 4.78 is 2.66. The van der Waals surface area contributed by atoms with Crippen LogP contribution in [-0.4, -0.2) is 15.7 Å². The number of halogens is 1. The van der Waals surface area contributed by atoms with E-state index in [2.05, 4.69) is 5.32 Å². The Morgan fingerprint density at radius 2 is 1.79 bits per heavy atom. The van der Waals surface area contributed by atoms with Crippen LogP contribution in [-0.2, 0) is 13.6 Å². The number of nitrogens with one attached hydrogen (secondary N) is 1. The van der Waals surface area contributed by atoms with E-state index in [-0.39, 0.29) is 0 Å². The topological polar surface area (TPSA) is 56.0 Å². The van der Waals surface area contributed by atoms with E-state index in [0.717, 1.165) is 5.69 Å². The first kappa shape index (κ1) is 13.4. The average Bonchev–Trinajstić information content (AvgIpc) is 2.41. The SMILES string of the molecule is Cn1ccn(CCNc2ccc(Cl)cc2)c(=O)c1=O. The lowest BCUT2D eigenvalue weighted by Gasteiger charge is -2.08. The Hall–Kier alpha value is -2.01. The van der Waals surface area contributed by atoms with Gasteiger partial charge in [-0.15, -0.1) is 0 Å². The standard InChI is InChI=1S/C13H14ClN3O2/c1-16-8-9-17(13(19)12(16)18)7-6-15-11-4-2-10(14)3-5-11/h2-5,8-9,15H,6-7H2,1H3. The molecule has 0 amide bonds. The predicted octanol–water partition coefficient (Wildman–Crippen LogP) is 1.31. The molecule has 0 unspecified atom stereocenters. The van der Waals surface area contributed by atoms with Gasteiger partial charge in [0, 0.05) is 43.2 Å². The maximum absolute atomic E-state index is 11.7. The third-order valence-corrected chi connectivity index (χ3v) is 3.01. The minimum Gasteiger partial charge on any atom is -0.383 e. The molecule has 2 rings (SSSR count). The molecule has 0 aliphatic rings. The molecule has 0 aliphatic heterocycles. The summed E-state index contributed by atoms with van der Waals surface area (Å²) in [4.78, 5) is 23.1. The first-order valence-electron chi connectivity index (χ1n) is 5.83. The lowest BCUT2D eigenvalue weighted by molar-refractivity contribution is 0.656. The van der Waals surface area contributed by atoms with E-state index < -0.39 is 11.1 Å². The molecule has 100 valence electrons. The molecule has 0 aliphatic carbocycles. The highest BCUT2D eigenvalue weighted by atomic mass is 35.5. The summed E-state index contributed by atoms with van der Waals surface area (Å²) in [5.74, 6) is 0. The second kappa shape index (κ2) is 5.75.